The van der Waals surface area contributed by atoms with Crippen molar-refractivity contribution in [1.29, 1.82) is 5.41 Å². The van der Waals surface area contributed by atoms with Crippen LogP contribution in [-0.2, 0) is 4.74 Å². The van der Waals surface area contributed by atoms with Crippen LogP contribution in [0.4, 0.5) is 10.5 Å². The summed E-state index contributed by atoms with van der Waals surface area (Å²) in [5.41, 5.74) is 1.76. The van der Waals surface area contributed by atoms with E-state index in [0.29, 0.717) is 11.3 Å². The van der Waals surface area contributed by atoms with Gasteiger partial charge in [0.15, 0.2) is 0 Å². The predicted octanol–water partition coefficient (Wildman–Crippen LogP) is 3.34. The minimum atomic E-state index is -0.528. The number of amides is 1. The number of benzene rings is 1. The molecule has 0 heterocycles. The van der Waals surface area contributed by atoms with Crippen molar-refractivity contribution in [3.05, 3.63) is 29.3 Å². The number of ether oxygens (including phenoxy) is 1. The molecule has 0 aliphatic carbocycles. The number of carbonyl (C=O) groups is 1. The summed E-state index contributed by atoms with van der Waals surface area (Å²) < 4.78 is 5.15. The molecule has 0 aliphatic rings. The number of rotatable bonds is 2. The Morgan fingerprint density at radius 2 is 2.06 bits per heavy atom. The van der Waals surface area contributed by atoms with E-state index in [1.807, 2.05) is 19.1 Å². The van der Waals surface area contributed by atoms with Crippen LogP contribution in [0.1, 0.15) is 31.9 Å². The molecule has 1 rings (SSSR count). The maximum absolute atomic E-state index is 11.6. The zero-order valence-electron chi connectivity index (χ0n) is 10.6. The SMILES string of the molecule is Cc1ccc(NC(=O)OC(C)(C)C)c(C=N)c1. The highest BCUT2D eigenvalue weighted by Gasteiger charge is 2.16. The number of anilines is 1. The van der Waals surface area contributed by atoms with Crippen LogP contribution < -0.4 is 5.32 Å². The van der Waals surface area contributed by atoms with Gasteiger partial charge in [-0.3, -0.25) is 5.32 Å². The van der Waals surface area contributed by atoms with Crippen molar-refractivity contribution in [2.24, 2.45) is 0 Å². The molecule has 0 spiro atoms. The summed E-state index contributed by atoms with van der Waals surface area (Å²) in [4.78, 5) is 11.6. The largest absolute Gasteiger partial charge is 0.444 e. The molecule has 0 saturated heterocycles. The maximum Gasteiger partial charge on any atom is 0.412 e. The molecule has 0 saturated carbocycles. The molecule has 0 bridgehead atoms. The molecule has 4 nitrogen and oxygen atoms in total. The highest BCUT2D eigenvalue weighted by Crippen LogP contribution is 2.17. The molecule has 2 N–H and O–H groups in total. The predicted molar refractivity (Wildman–Crippen MR) is 68.9 cm³/mol. The van der Waals surface area contributed by atoms with E-state index in [4.69, 9.17) is 10.1 Å². The molecule has 1 aromatic rings. The Labute approximate surface area is 101 Å². The van der Waals surface area contributed by atoms with Crippen LogP contribution in [-0.4, -0.2) is 17.9 Å². The van der Waals surface area contributed by atoms with Gasteiger partial charge in [-0.1, -0.05) is 11.6 Å². The van der Waals surface area contributed by atoms with Gasteiger partial charge in [0.05, 0.1) is 5.69 Å². The standard InChI is InChI=1S/C13H18N2O2/c1-9-5-6-11(10(7-9)8-14)15-12(16)17-13(2,3)4/h5-8,14H,1-4H3,(H,15,16). The van der Waals surface area contributed by atoms with Gasteiger partial charge in [-0.05, 0) is 39.8 Å². The van der Waals surface area contributed by atoms with Gasteiger partial charge < -0.3 is 10.1 Å². The minimum absolute atomic E-state index is 0.510. The number of carbonyl (C=O) groups excluding carboxylic acids is 1. The van der Waals surface area contributed by atoms with Gasteiger partial charge in [0.1, 0.15) is 5.60 Å². The third-order valence-electron chi connectivity index (χ3n) is 2.00. The third-order valence-corrected chi connectivity index (χ3v) is 2.00. The lowest BCUT2D eigenvalue weighted by molar-refractivity contribution is 0.0636. The topological polar surface area (TPSA) is 62.2 Å². The second-order valence-electron chi connectivity index (χ2n) is 4.86. The van der Waals surface area contributed by atoms with Gasteiger partial charge in [0, 0.05) is 11.8 Å². The average molecular weight is 234 g/mol. The van der Waals surface area contributed by atoms with Crippen molar-refractivity contribution in [2.75, 3.05) is 5.32 Å². The lowest BCUT2D eigenvalue weighted by Gasteiger charge is -2.20. The third kappa shape index (κ3) is 4.26. The quantitative estimate of drug-likeness (QED) is 0.771. The van der Waals surface area contributed by atoms with Gasteiger partial charge in [-0.2, -0.15) is 0 Å². The molecule has 0 fully saturated rings. The minimum Gasteiger partial charge on any atom is -0.444 e. The smallest absolute Gasteiger partial charge is 0.412 e. The number of hydrogen-bond donors (Lipinski definition) is 2. The van der Waals surface area contributed by atoms with E-state index < -0.39 is 11.7 Å². The Morgan fingerprint density at radius 1 is 1.41 bits per heavy atom. The Balaban J connectivity index is 2.81. The van der Waals surface area contributed by atoms with E-state index in [1.54, 1.807) is 26.8 Å². The van der Waals surface area contributed by atoms with Crippen molar-refractivity contribution in [3.8, 4) is 0 Å². The van der Waals surface area contributed by atoms with Gasteiger partial charge >= 0.3 is 6.09 Å². The molecular formula is C13H18N2O2. The fraction of sp³-hybridized carbons (Fsp3) is 0.385. The molecule has 0 atom stereocenters. The van der Waals surface area contributed by atoms with E-state index in [1.165, 1.54) is 6.21 Å². The highest BCUT2D eigenvalue weighted by atomic mass is 16.6. The first-order valence-electron chi connectivity index (χ1n) is 5.43. The molecule has 0 radical (unpaired) electrons. The van der Waals surface area contributed by atoms with E-state index in [-0.39, 0.29) is 0 Å². The van der Waals surface area contributed by atoms with Crippen molar-refractivity contribution in [2.45, 2.75) is 33.3 Å². The number of hydrogen-bond acceptors (Lipinski definition) is 3. The molecule has 17 heavy (non-hydrogen) atoms. The molecule has 92 valence electrons. The zero-order valence-corrected chi connectivity index (χ0v) is 10.6. The first-order chi connectivity index (χ1) is 7.81. The van der Waals surface area contributed by atoms with E-state index in [0.717, 1.165) is 5.56 Å². The van der Waals surface area contributed by atoms with Gasteiger partial charge in [0.2, 0.25) is 0 Å². The van der Waals surface area contributed by atoms with Crippen LogP contribution in [0.2, 0.25) is 0 Å². The Hall–Kier alpha value is -1.84. The second kappa shape index (κ2) is 4.99. The summed E-state index contributed by atoms with van der Waals surface area (Å²) >= 11 is 0. The van der Waals surface area contributed by atoms with Crippen LogP contribution in [0, 0.1) is 12.3 Å². The van der Waals surface area contributed by atoms with Crippen molar-refractivity contribution in [3.63, 3.8) is 0 Å². The summed E-state index contributed by atoms with van der Waals surface area (Å²) in [6.45, 7) is 7.35. The number of aryl methyl sites for hydroxylation is 1. The van der Waals surface area contributed by atoms with Crippen LogP contribution in [0.3, 0.4) is 0 Å². The Kier molecular flexibility index (Phi) is 3.89. The maximum atomic E-state index is 11.6. The summed E-state index contributed by atoms with van der Waals surface area (Å²) in [6.07, 6.45) is 0.698. The average Bonchev–Trinajstić information content (AvgIpc) is 2.17. The molecule has 1 aromatic carbocycles. The number of nitrogens with one attached hydrogen (secondary N) is 2. The monoisotopic (exact) mass is 234 g/mol. The molecule has 0 aliphatic heterocycles. The van der Waals surface area contributed by atoms with E-state index >= 15 is 0 Å². The van der Waals surface area contributed by atoms with Crippen LogP contribution >= 0.6 is 0 Å². The van der Waals surface area contributed by atoms with E-state index in [2.05, 4.69) is 5.32 Å². The highest BCUT2D eigenvalue weighted by molar-refractivity contribution is 5.94. The fourth-order valence-corrected chi connectivity index (χ4v) is 1.33. The van der Waals surface area contributed by atoms with Crippen LogP contribution in [0.15, 0.2) is 18.2 Å². The molecule has 1 amide bonds. The van der Waals surface area contributed by atoms with Crippen molar-refractivity contribution < 1.29 is 9.53 Å². The van der Waals surface area contributed by atoms with Gasteiger partial charge in [-0.15, -0.1) is 0 Å². The molecule has 0 unspecified atom stereocenters. The van der Waals surface area contributed by atoms with Gasteiger partial charge in [-0.25, -0.2) is 4.79 Å². The second-order valence-corrected chi connectivity index (χ2v) is 4.86. The van der Waals surface area contributed by atoms with Crippen LogP contribution in [0.5, 0.6) is 0 Å². The van der Waals surface area contributed by atoms with Gasteiger partial charge in [0.25, 0.3) is 0 Å². The summed E-state index contributed by atoms with van der Waals surface area (Å²) in [6, 6.07) is 5.47. The zero-order chi connectivity index (χ0) is 13.1. The lowest BCUT2D eigenvalue weighted by atomic mass is 10.1. The Morgan fingerprint density at radius 3 is 2.59 bits per heavy atom. The summed E-state index contributed by atoms with van der Waals surface area (Å²) in [7, 11) is 0. The molecular weight excluding hydrogens is 216 g/mol. The molecule has 4 heteroatoms. The van der Waals surface area contributed by atoms with Crippen LogP contribution in [0.25, 0.3) is 0 Å². The fourth-order valence-electron chi connectivity index (χ4n) is 1.33. The van der Waals surface area contributed by atoms with Crippen molar-refractivity contribution in [1.82, 2.24) is 0 Å². The first kappa shape index (κ1) is 13.2. The van der Waals surface area contributed by atoms with E-state index in [9.17, 15) is 4.79 Å². The lowest BCUT2D eigenvalue weighted by Crippen LogP contribution is -2.27. The van der Waals surface area contributed by atoms with Crippen molar-refractivity contribution >= 4 is 18.0 Å². The normalized spacial score (nSPS) is 10.8. The summed E-state index contributed by atoms with van der Waals surface area (Å²) in [5.74, 6) is 0. The summed E-state index contributed by atoms with van der Waals surface area (Å²) in [5, 5.41) is 9.92. The molecule has 0 aromatic heterocycles. The first-order valence-corrected chi connectivity index (χ1v) is 5.43. The Bertz CT molecular complexity index is 434.